The second-order valence-corrected chi connectivity index (χ2v) is 4.08. The normalized spacial score (nSPS) is 11.1. The first kappa shape index (κ1) is 10.1. The van der Waals surface area contributed by atoms with Crippen molar-refractivity contribution in [2.75, 3.05) is 12.3 Å². The number of anilines is 1. The second kappa shape index (κ2) is 3.59. The van der Waals surface area contributed by atoms with Crippen LogP contribution in [-0.4, -0.2) is 26.3 Å². The molecule has 0 aliphatic carbocycles. The number of nitrogens with zero attached hydrogens (tertiary/aromatic N) is 3. The number of nitrogen functional groups attached to an aromatic ring is 1. The third kappa shape index (κ3) is 1.59. The standard InChI is InChI=1S/C8H10N4O2S/c1-4-5(2-3-13)6(14)12-8(10-4)15-7(9)11-12/h13H,2-3H2,1H3,(H2,9,11). The van der Waals surface area contributed by atoms with Crippen molar-refractivity contribution < 1.29 is 5.11 Å². The van der Waals surface area contributed by atoms with Gasteiger partial charge in [0.15, 0.2) is 0 Å². The highest BCUT2D eigenvalue weighted by Crippen LogP contribution is 2.13. The summed E-state index contributed by atoms with van der Waals surface area (Å²) in [7, 11) is 0. The van der Waals surface area contributed by atoms with E-state index in [1.807, 2.05) is 0 Å². The number of aliphatic hydroxyl groups is 1. The topological polar surface area (TPSA) is 93.5 Å². The molecule has 2 aromatic heterocycles. The van der Waals surface area contributed by atoms with Gasteiger partial charge in [0.1, 0.15) is 0 Å². The number of aliphatic hydroxyl groups excluding tert-OH is 1. The van der Waals surface area contributed by atoms with E-state index < -0.39 is 0 Å². The zero-order valence-electron chi connectivity index (χ0n) is 8.10. The van der Waals surface area contributed by atoms with Crippen molar-refractivity contribution in [2.24, 2.45) is 0 Å². The minimum absolute atomic E-state index is 0.0799. The van der Waals surface area contributed by atoms with Gasteiger partial charge in [0.2, 0.25) is 10.1 Å². The van der Waals surface area contributed by atoms with Crippen molar-refractivity contribution in [3.8, 4) is 0 Å². The van der Waals surface area contributed by atoms with Gasteiger partial charge < -0.3 is 10.8 Å². The number of rotatable bonds is 2. The first-order chi connectivity index (χ1) is 7.13. The molecule has 0 aliphatic heterocycles. The average Bonchev–Trinajstić information content (AvgIpc) is 2.53. The molecular weight excluding hydrogens is 216 g/mol. The van der Waals surface area contributed by atoms with Crippen molar-refractivity contribution in [3.63, 3.8) is 0 Å². The van der Waals surface area contributed by atoms with Crippen molar-refractivity contribution in [1.82, 2.24) is 14.6 Å². The predicted molar refractivity (Wildman–Crippen MR) is 57.1 cm³/mol. The summed E-state index contributed by atoms with van der Waals surface area (Å²) < 4.78 is 1.18. The van der Waals surface area contributed by atoms with Crippen molar-refractivity contribution in [3.05, 3.63) is 21.6 Å². The van der Waals surface area contributed by atoms with E-state index in [1.165, 1.54) is 4.52 Å². The molecule has 0 aromatic carbocycles. The van der Waals surface area contributed by atoms with Crippen LogP contribution in [0.4, 0.5) is 5.13 Å². The first-order valence-electron chi connectivity index (χ1n) is 4.39. The average molecular weight is 226 g/mol. The van der Waals surface area contributed by atoms with Crippen LogP contribution in [0.25, 0.3) is 4.96 Å². The molecule has 7 heteroatoms. The second-order valence-electron chi connectivity index (χ2n) is 3.09. The lowest BCUT2D eigenvalue weighted by molar-refractivity contribution is 0.298. The smallest absolute Gasteiger partial charge is 0.278 e. The number of aryl methyl sites for hydroxylation is 1. The number of hydrogen-bond donors (Lipinski definition) is 2. The first-order valence-corrected chi connectivity index (χ1v) is 5.21. The van der Waals surface area contributed by atoms with E-state index in [-0.39, 0.29) is 18.6 Å². The molecule has 0 spiro atoms. The number of aromatic nitrogens is 3. The molecule has 6 nitrogen and oxygen atoms in total. The Hall–Kier alpha value is -1.47. The zero-order chi connectivity index (χ0) is 11.0. The predicted octanol–water partition coefficient (Wildman–Crippen LogP) is -0.424. The maximum atomic E-state index is 11.9. The minimum Gasteiger partial charge on any atom is -0.396 e. The van der Waals surface area contributed by atoms with E-state index in [9.17, 15) is 4.79 Å². The quantitative estimate of drug-likeness (QED) is 0.725. The molecule has 2 rings (SSSR count). The molecule has 0 unspecified atom stereocenters. The third-order valence-corrected chi connectivity index (χ3v) is 2.83. The van der Waals surface area contributed by atoms with Crippen LogP contribution in [0.15, 0.2) is 4.79 Å². The summed E-state index contributed by atoms with van der Waals surface area (Å²) in [5.41, 5.74) is 6.35. The third-order valence-electron chi connectivity index (χ3n) is 2.09. The Morgan fingerprint density at radius 1 is 1.60 bits per heavy atom. The Balaban J connectivity index is 2.77. The molecule has 80 valence electrons. The van der Waals surface area contributed by atoms with Gasteiger partial charge >= 0.3 is 0 Å². The molecule has 2 heterocycles. The van der Waals surface area contributed by atoms with Crippen LogP contribution >= 0.6 is 11.3 Å². The highest BCUT2D eigenvalue weighted by molar-refractivity contribution is 7.20. The Morgan fingerprint density at radius 2 is 2.33 bits per heavy atom. The van der Waals surface area contributed by atoms with Crippen LogP contribution in [0.3, 0.4) is 0 Å². The maximum absolute atomic E-state index is 11.9. The van der Waals surface area contributed by atoms with Crippen LogP contribution < -0.4 is 11.3 Å². The summed E-state index contributed by atoms with van der Waals surface area (Å²) in [6.45, 7) is 1.66. The molecule has 2 aromatic rings. The van der Waals surface area contributed by atoms with E-state index in [4.69, 9.17) is 10.8 Å². The molecule has 0 fully saturated rings. The Labute approximate surface area is 89.0 Å². The van der Waals surface area contributed by atoms with Crippen molar-refractivity contribution >= 4 is 21.4 Å². The van der Waals surface area contributed by atoms with Gasteiger partial charge in [-0.05, 0) is 6.92 Å². The fourth-order valence-corrected chi connectivity index (χ4v) is 2.10. The molecule has 15 heavy (non-hydrogen) atoms. The van der Waals surface area contributed by atoms with Gasteiger partial charge in [-0.3, -0.25) is 4.79 Å². The van der Waals surface area contributed by atoms with Crippen LogP contribution in [0, 0.1) is 6.92 Å². The van der Waals surface area contributed by atoms with Gasteiger partial charge in [-0.2, -0.15) is 4.52 Å². The summed E-state index contributed by atoms with van der Waals surface area (Å²) in [6.07, 6.45) is 0.290. The van der Waals surface area contributed by atoms with Crippen LogP contribution in [-0.2, 0) is 6.42 Å². The molecular formula is C8H10N4O2S. The van der Waals surface area contributed by atoms with Crippen LogP contribution in [0.2, 0.25) is 0 Å². The monoisotopic (exact) mass is 226 g/mol. The largest absolute Gasteiger partial charge is 0.396 e. The zero-order valence-corrected chi connectivity index (χ0v) is 8.91. The molecule has 0 bridgehead atoms. The summed E-state index contributed by atoms with van der Waals surface area (Å²) in [5.74, 6) is 0. The fraction of sp³-hybridized carbons (Fsp3) is 0.375. The summed E-state index contributed by atoms with van der Waals surface area (Å²) in [6, 6.07) is 0. The van der Waals surface area contributed by atoms with Gasteiger partial charge in [0.05, 0.1) is 0 Å². The number of hydrogen-bond acceptors (Lipinski definition) is 6. The lowest BCUT2D eigenvalue weighted by Gasteiger charge is -2.01. The van der Waals surface area contributed by atoms with E-state index >= 15 is 0 Å². The van der Waals surface area contributed by atoms with Gasteiger partial charge in [-0.15, -0.1) is 5.10 Å². The molecule has 0 saturated heterocycles. The Kier molecular flexibility index (Phi) is 2.41. The number of fused-ring (bicyclic) bond motifs is 1. The van der Waals surface area contributed by atoms with Gasteiger partial charge in [-0.25, -0.2) is 4.98 Å². The minimum atomic E-state index is -0.250. The fourth-order valence-electron chi connectivity index (χ4n) is 1.39. The van der Waals surface area contributed by atoms with Crippen molar-refractivity contribution in [2.45, 2.75) is 13.3 Å². The summed E-state index contributed by atoms with van der Waals surface area (Å²) >= 11 is 1.16. The summed E-state index contributed by atoms with van der Waals surface area (Å²) in [4.78, 5) is 16.5. The maximum Gasteiger partial charge on any atom is 0.278 e. The Bertz CT molecular complexity index is 560. The van der Waals surface area contributed by atoms with Gasteiger partial charge in [0, 0.05) is 24.3 Å². The molecule has 0 saturated carbocycles. The molecule has 3 N–H and O–H groups in total. The molecule has 0 radical (unpaired) electrons. The van der Waals surface area contributed by atoms with E-state index in [0.29, 0.717) is 21.3 Å². The Morgan fingerprint density at radius 3 is 3.00 bits per heavy atom. The van der Waals surface area contributed by atoms with Gasteiger partial charge in [-0.1, -0.05) is 11.3 Å². The molecule has 0 amide bonds. The van der Waals surface area contributed by atoms with E-state index in [1.54, 1.807) is 6.92 Å². The lowest BCUT2D eigenvalue weighted by atomic mass is 10.2. The molecule has 0 atom stereocenters. The number of nitrogens with two attached hydrogens (primary N) is 1. The highest BCUT2D eigenvalue weighted by atomic mass is 32.1. The van der Waals surface area contributed by atoms with Gasteiger partial charge in [0.25, 0.3) is 5.56 Å². The summed E-state index contributed by atoms with van der Waals surface area (Å²) in [5, 5.41) is 13.0. The van der Waals surface area contributed by atoms with Crippen LogP contribution in [0.1, 0.15) is 11.3 Å². The van der Waals surface area contributed by atoms with E-state index in [0.717, 1.165) is 11.3 Å². The van der Waals surface area contributed by atoms with Crippen LogP contribution in [0.5, 0.6) is 0 Å². The SMILES string of the molecule is Cc1nc2sc(N)nn2c(=O)c1CCO. The lowest BCUT2D eigenvalue weighted by Crippen LogP contribution is -2.22. The highest BCUT2D eigenvalue weighted by Gasteiger charge is 2.11. The molecule has 0 aliphatic rings. The van der Waals surface area contributed by atoms with E-state index in [2.05, 4.69) is 10.1 Å². The van der Waals surface area contributed by atoms with Crippen molar-refractivity contribution in [1.29, 1.82) is 0 Å².